The lowest BCUT2D eigenvalue weighted by atomic mass is 10.2. The lowest BCUT2D eigenvalue weighted by Crippen LogP contribution is -2.50. The van der Waals surface area contributed by atoms with Gasteiger partial charge in [0.25, 0.3) is 5.69 Å². The van der Waals surface area contributed by atoms with E-state index in [1.54, 1.807) is 17.0 Å². The predicted octanol–water partition coefficient (Wildman–Crippen LogP) is 3.41. The normalized spacial score (nSPS) is 13.9. The Kier molecular flexibility index (Phi) is 5.98. The average Bonchev–Trinajstić information content (AvgIpc) is 2.73. The Morgan fingerprint density at radius 3 is 2.43 bits per heavy atom. The Hall–Kier alpha value is -3.29. The fraction of sp³-hybridized carbons (Fsp3) is 0.350. The van der Waals surface area contributed by atoms with Crippen LogP contribution in [-0.2, 0) is 0 Å². The van der Waals surface area contributed by atoms with Gasteiger partial charge in [0, 0.05) is 69.0 Å². The van der Waals surface area contributed by atoms with Crippen LogP contribution in [0.3, 0.4) is 0 Å². The highest BCUT2D eigenvalue weighted by Gasteiger charge is 2.22. The van der Waals surface area contributed by atoms with Crippen molar-refractivity contribution in [3.8, 4) is 0 Å². The van der Waals surface area contributed by atoms with Gasteiger partial charge < -0.3 is 20.0 Å². The minimum Gasteiger partial charge on any atom is -0.375 e. The maximum atomic E-state index is 12.6. The van der Waals surface area contributed by atoms with Crippen molar-refractivity contribution < 1.29 is 9.72 Å². The molecule has 28 heavy (non-hydrogen) atoms. The second kappa shape index (κ2) is 8.60. The van der Waals surface area contributed by atoms with Crippen LogP contribution in [0.4, 0.5) is 27.5 Å². The van der Waals surface area contributed by atoms with Gasteiger partial charge in [-0.25, -0.2) is 4.79 Å². The number of benzene rings is 2. The number of urea groups is 1. The van der Waals surface area contributed by atoms with Gasteiger partial charge in [-0.2, -0.15) is 0 Å². The van der Waals surface area contributed by atoms with Crippen molar-refractivity contribution >= 4 is 28.8 Å². The number of nitrogens with zero attached hydrogens (tertiary/aromatic N) is 4. The Balaban J connectivity index is 1.56. The summed E-state index contributed by atoms with van der Waals surface area (Å²) in [5, 5.41) is 13.7. The second-order valence-electron chi connectivity index (χ2n) is 6.74. The fourth-order valence-corrected chi connectivity index (χ4v) is 3.16. The highest BCUT2D eigenvalue weighted by molar-refractivity contribution is 5.90. The number of non-ortho nitro benzene ring substituents is 1. The van der Waals surface area contributed by atoms with Gasteiger partial charge in [-0.15, -0.1) is 0 Å². The third-order valence-electron chi connectivity index (χ3n) is 5.01. The van der Waals surface area contributed by atoms with Crippen LogP contribution < -0.4 is 15.1 Å². The summed E-state index contributed by atoms with van der Waals surface area (Å²) >= 11 is 0. The number of rotatable bonds is 5. The Morgan fingerprint density at radius 2 is 1.82 bits per heavy atom. The van der Waals surface area contributed by atoms with Gasteiger partial charge in [0.05, 0.1) is 4.92 Å². The standard InChI is InChI=1S/C20H25N5O3/c1-3-22(2)19-6-4-5-16(15-19)21-20(26)24-13-11-23(12-14-24)17-7-9-18(10-8-17)25(27)28/h4-10,15H,3,11-14H2,1-2H3,(H,21,26). The lowest BCUT2D eigenvalue weighted by molar-refractivity contribution is -0.384. The first-order valence-corrected chi connectivity index (χ1v) is 9.34. The van der Waals surface area contributed by atoms with Crippen molar-refractivity contribution in [2.24, 2.45) is 0 Å². The third kappa shape index (κ3) is 4.51. The molecule has 0 radical (unpaired) electrons. The molecule has 2 aromatic carbocycles. The summed E-state index contributed by atoms with van der Waals surface area (Å²) < 4.78 is 0. The second-order valence-corrected chi connectivity index (χ2v) is 6.74. The van der Waals surface area contributed by atoms with Gasteiger partial charge in [0.2, 0.25) is 0 Å². The van der Waals surface area contributed by atoms with Gasteiger partial charge in [0.1, 0.15) is 0 Å². The van der Waals surface area contributed by atoms with Crippen LogP contribution in [0.1, 0.15) is 6.92 Å². The molecule has 1 aliphatic rings. The summed E-state index contributed by atoms with van der Waals surface area (Å²) in [7, 11) is 2.01. The zero-order valence-corrected chi connectivity index (χ0v) is 16.2. The van der Waals surface area contributed by atoms with Gasteiger partial charge in [0.15, 0.2) is 0 Å². The van der Waals surface area contributed by atoms with Gasteiger partial charge in [-0.1, -0.05) is 6.07 Å². The lowest BCUT2D eigenvalue weighted by Gasteiger charge is -2.36. The molecule has 8 nitrogen and oxygen atoms in total. The minimum atomic E-state index is -0.403. The van der Waals surface area contributed by atoms with Crippen molar-refractivity contribution in [1.82, 2.24) is 4.90 Å². The van der Waals surface area contributed by atoms with Crippen LogP contribution in [0.2, 0.25) is 0 Å². The van der Waals surface area contributed by atoms with E-state index in [4.69, 9.17) is 0 Å². The fourth-order valence-electron chi connectivity index (χ4n) is 3.16. The Morgan fingerprint density at radius 1 is 1.14 bits per heavy atom. The van der Waals surface area contributed by atoms with E-state index in [-0.39, 0.29) is 11.7 Å². The molecule has 148 valence electrons. The minimum absolute atomic E-state index is 0.0812. The van der Waals surface area contributed by atoms with Gasteiger partial charge >= 0.3 is 6.03 Å². The van der Waals surface area contributed by atoms with E-state index < -0.39 is 4.92 Å². The number of hydrogen-bond acceptors (Lipinski definition) is 5. The first kappa shape index (κ1) is 19.5. The van der Waals surface area contributed by atoms with Crippen molar-refractivity contribution in [1.29, 1.82) is 0 Å². The molecule has 1 heterocycles. The van der Waals surface area contributed by atoms with Crippen LogP contribution in [0.5, 0.6) is 0 Å². The number of hydrogen-bond donors (Lipinski definition) is 1. The molecule has 0 saturated carbocycles. The molecule has 0 aromatic heterocycles. The van der Waals surface area contributed by atoms with E-state index in [0.29, 0.717) is 26.2 Å². The molecule has 8 heteroatoms. The molecule has 0 atom stereocenters. The zero-order chi connectivity index (χ0) is 20.1. The van der Waals surface area contributed by atoms with E-state index in [9.17, 15) is 14.9 Å². The summed E-state index contributed by atoms with van der Waals surface area (Å²) in [4.78, 5) is 29.0. The third-order valence-corrected chi connectivity index (χ3v) is 5.01. The molecule has 0 unspecified atom stereocenters. The van der Waals surface area contributed by atoms with Crippen molar-refractivity contribution in [2.75, 3.05) is 54.9 Å². The monoisotopic (exact) mass is 383 g/mol. The molecule has 3 rings (SSSR count). The summed E-state index contributed by atoms with van der Waals surface area (Å²) in [6, 6.07) is 14.2. The largest absolute Gasteiger partial charge is 0.375 e. The number of carbonyl (C=O) groups excluding carboxylic acids is 1. The molecule has 1 fully saturated rings. The van der Waals surface area contributed by atoms with E-state index in [1.165, 1.54) is 12.1 Å². The number of piperazine rings is 1. The van der Waals surface area contributed by atoms with Gasteiger partial charge in [-0.3, -0.25) is 10.1 Å². The van der Waals surface area contributed by atoms with E-state index in [1.807, 2.05) is 31.3 Å². The van der Waals surface area contributed by atoms with Crippen molar-refractivity contribution in [2.45, 2.75) is 6.92 Å². The van der Waals surface area contributed by atoms with Gasteiger partial charge in [-0.05, 0) is 37.3 Å². The number of nitro benzene ring substituents is 1. The quantitative estimate of drug-likeness (QED) is 0.632. The zero-order valence-electron chi connectivity index (χ0n) is 16.2. The predicted molar refractivity (Wildman–Crippen MR) is 111 cm³/mol. The maximum absolute atomic E-state index is 12.6. The van der Waals surface area contributed by atoms with E-state index in [0.717, 1.165) is 23.6 Å². The van der Waals surface area contributed by atoms with Crippen LogP contribution in [0.15, 0.2) is 48.5 Å². The summed E-state index contributed by atoms with van der Waals surface area (Å²) in [5.74, 6) is 0. The summed E-state index contributed by atoms with van der Waals surface area (Å²) in [6.07, 6.45) is 0. The topological polar surface area (TPSA) is 82.0 Å². The molecule has 2 aromatic rings. The van der Waals surface area contributed by atoms with Crippen LogP contribution in [0, 0.1) is 10.1 Å². The number of amides is 2. The number of carbonyl (C=O) groups is 1. The maximum Gasteiger partial charge on any atom is 0.321 e. The summed E-state index contributed by atoms with van der Waals surface area (Å²) in [6.45, 7) is 5.53. The molecular weight excluding hydrogens is 358 g/mol. The number of nitro groups is 1. The highest BCUT2D eigenvalue weighted by Crippen LogP contribution is 2.22. The summed E-state index contributed by atoms with van der Waals surface area (Å²) in [5.41, 5.74) is 2.85. The smallest absolute Gasteiger partial charge is 0.321 e. The van der Waals surface area contributed by atoms with E-state index in [2.05, 4.69) is 22.0 Å². The Labute approximate surface area is 164 Å². The average molecular weight is 383 g/mol. The highest BCUT2D eigenvalue weighted by atomic mass is 16.6. The molecular formula is C20H25N5O3. The molecule has 0 bridgehead atoms. The van der Waals surface area contributed by atoms with Crippen LogP contribution >= 0.6 is 0 Å². The molecule has 2 amide bonds. The van der Waals surface area contributed by atoms with Crippen LogP contribution in [-0.4, -0.2) is 55.6 Å². The van der Waals surface area contributed by atoms with Crippen molar-refractivity contribution in [3.63, 3.8) is 0 Å². The molecule has 1 aliphatic heterocycles. The first-order chi connectivity index (χ1) is 13.5. The van der Waals surface area contributed by atoms with E-state index >= 15 is 0 Å². The molecule has 1 N–H and O–H groups in total. The molecule has 0 aliphatic carbocycles. The van der Waals surface area contributed by atoms with Crippen LogP contribution in [0.25, 0.3) is 0 Å². The van der Waals surface area contributed by atoms with Crippen molar-refractivity contribution in [3.05, 3.63) is 58.6 Å². The SMILES string of the molecule is CCN(C)c1cccc(NC(=O)N2CCN(c3ccc([N+](=O)[O-])cc3)CC2)c1. The number of anilines is 3. The molecule has 1 saturated heterocycles. The first-order valence-electron chi connectivity index (χ1n) is 9.34. The Bertz CT molecular complexity index is 832. The number of nitrogens with one attached hydrogen (secondary N) is 1. The molecule has 0 spiro atoms.